The highest BCUT2D eigenvalue weighted by atomic mass is 79.9. The monoisotopic (exact) mass is 300 g/mol. The molecule has 1 unspecified atom stereocenters. The van der Waals surface area contributed by atoms with Crippen LogP contribution in [0.5, 0.6) is 0 Å². The summed E-state index contributed by atoms with van der Waals surface area (Å²) in [6.07, 6.45) is 2.34. The average molecular weight is 301 g/mol. The molecule has 0 radical (unpaired) electrons. The molecule has 88 valence electrons. The van der Waals surface area contributed by atoms with E-state index < -0.39 is 0 Å². The van der Waals surface area contributed by atoms with Crippen LogP contribution in [0.2, 0.25) is 0 Å². The van der Waals surface area contributed by atoms with Gasteiger partial charge in [0.25, 0.3) is 0 Å². The Bertz CT molecular complexity index is 379. The molecule has 0 heterocycles. The Morgan fingerprint density at radius 1 is 1.56 bits per heavy atom. The first-order valence-electron chi connectivity index (χ1n) is 5.40. The lowest BCUT2D eigenvalue weighted by molar-refractivity contribution is 0.690. The van der Waals surface area contributed by atoms with Crippen LogP contribution in [0.25, 0.3) is 0 Å². The fraction of sp³-hybridized carbons (Fsp3) is 0.417. The molecule has 1 rings (SSSR count). The van der Waals surface area contributed by atoms with Gasteiger partial charge in [-0.2, -0.15) is 0 Å². The van der Waals surface area contributed by atoms with Crippen molar-refractivity contribution in [1.82, 2.24) is 0 Å². The van der Waals surface area contributed by atoms with Crippen LogP contribution < -0.4 is 11.1 Å². The molecule has 2 nitrogen and oxygen atoms in total. The third kappa shape index (κ3) is 3.76. The second kappa shape index (κ2) is 6.21. The van der Waals surface area contributed by atoms with E-state index in [2.05, 4.69) is 35.1 Å². The molecule has 0 aromatic heterocycles. The Balaban J connectivity index is 2.77. The summed E-state index contributed by atoms with van der Waals surface area (Å²) >= 11 is 8.42. The van der Waals surface area contributed by atoms with E-state index in [4.69, 9.17) is 18.0 Å². The molecule has 1 aromatic carbocycles. The van der Waals surface area contributed by atoms with Gasteiger partial charge < -0.3 is 11.1 Å². The van der Waals surface area contributed by atoms with Crippen LogP contribution >= 0.6 is 28.1 Å². The molecule has 0 bridgehead atoms. The SMILES string of the molecule is CCCC(C)Nc1ccc(C(N)=S)c(Br)c1. The van der Waals surface area contributed by atoms with Crippen LogP contribution in [-0.4, -0.2) is 11.0 Å². The normalized spacial score (nSPS) is 12.2. The van der Waals surface area contributed by atoms with Crippen molar-refractivity contribution < 1.29 is 0 Å². The molecule has 0 aliphatic heterocycles. The van der Waals surface area contributed by atoms with Gasteiger partial charge in [0.05, 0.1) is 0 Å². The van der Waals surface area contributed by atoms with Crippen molar-refractivity contribution in [3.63, 3.8) is 0 Å². The van der Waals surface area contributed by atoms with Gasteiger partial charge in [0.1, 0.15) is 4.99 Å². The minimum atomic E-state index is 0.417. The first kappa shape index (κ1) is 13.5. The van der Waals surface area contributed by atoms with Gasteiger partial charge in [0.2, 0.25) is 0 Å². The van der Waals surface area contributed by atoms with Crippen molar-refractivity contribution in [1.29, 1.82) is 0 Å². The number of nitrogens with one attached hydrogen (secondary N) is 1. The molecule has 4 heteroatoms. The first-order chi connectivity index (χ1) is 7.54. The molecule has 0 saturated heterocycles. The molecule has 0 fully saturated rings. The summed E-state index contributed by atoms with van der Waals surface area (Å²) in [7, 11) is 0. The van der Waals surface area contributed by atoms with Crippen molar-refractivity contribution in [2.24, 2.45) is 5.73 Å². The quantitative estimate of drug-likeness (QED) is 0.815. The van der Waals surface area contributed by atoms with E-state index in [1.807, 2.05) is 18.2 Å². The Hall–Kier alpha value is -0.610. The summed E-state index contributed by atoms with van der Waals surface area (Å²) in [4.78, 5) is 0.417. The van der Waals surface area contributed by atoms with Crippen molar-refractivity contribution in [3.8, 4) is 0 Å². The predicted molar refractivity (Wildman–Crippen MR) is 78.0 cm³/mol. The lowest BCUT2D eigenvalue weighted by Gasteiger charge is -2.15. The topological polar surface area (TPSA) is 38.0 Å². The summed E-state index contributed by atoms with van der Waals surface area (Å²) < 4.78 is 0.939. The zero-order valence-electron chi connectivity index (χ0n) is 9.59. The van der Waals surface area contributed by atoms with Crippen LogP contribution in [0.15, 0.2) is 22.7 Å². The molecular formula is C12H17BrN2S. The molecule has 16 heavy (non-hydrogen) atoms. The number of rotatable bonds is 5. The number of hydrogen-bond acceptors (Lipinski definition) is 2. The zero-order chi connectivity index (χ0) is 12.1. The van der Waals surface area contributed by atoms with E-state index in [1.54, 1.807) is 0 Å². The van der Waals surface area contributed by atoms with Gasteiger partial charge in [0.15, 0.2) is 0 Å². The third-order valence-electron chi connectivity index (χ3n) is 2.37. The number of nitrogens with two attached hydrogens (primary N) is 1. The maximum atomic E-state index is 5.59. The lowest BCUT2D eigenvalue weighted by atomic mass is 10.1. The van der Waals surface area contributed by atoms with Crippen LogP contribution in [0.1, 0.15) is 32.3 Å². The molecule has 1 atom stereocenters. The smallest absolute Gasteiger partial charge is 0.105 e. The van der Waals surface area contributed by atoms with Gasteiger partial charge in [-0.3, -0.25) is 0 Å². The Morgan fingerprint density at radius 2 is 2.25 bits per heavy atom. The van der Waals surface area contributed by atoms with Crippen LogP contribution in [0.3, 0.4) is 0 Å². The average Bonchev–Trinajstić information content (AvgIpc) is 2.17. The largest absolute Gasteiger partial charge is 0.389 e. The summed E-state index contributed by atoms with van der Waals surface area (Å²) in [6, 6.07) is 6.44. The highest BCUT2D eigenvalue weighted by Gasteiger charge is 2.05. The van der Waals surface area contributed by atoms with E-state index in [1.165, 1.54) is 6.42 Å². The Labute approximate surface area is 111 Å². The van der Waals surface area contributed by atoms with Crippen LogP contribution in [0, 0.1) is 0 Å². The Kier molecular flexibility index (Phi) is 5.22. The second-order valence-corrected chi connectivity index (χ2v) is 5.19. The van der Waals surface area contributed by atoms with Gasteiger partial charge in [-0.15, -0.1) is 0 Å². The number of anilines is 1. The molecule has 0 aliphatic carbocycles. The molecule has 1 aromatic rings. The predicted octanol–water partition coefficient (Wildman–Crippen LogP) is 3.68. The highest BCUT2D eigenvalue weighted by molar-refractivity contribution is 9.10. The summed E-state index contributed by atoms with van der Waals surface area (Å²) in [6.45, 7) is 4.36. The van der Waals surface area contributed by atoms with E-state index in [9.17, 15) is 0 Å². The number of hydrogen-bond donors (Lipinski definition) is 2. The van der Waals surface area contributed by atoms with Crippen molar-refractivity contribution in [3.05, 3.63) is 28.2 Å². The number of benzene rings is 1. The zero-order valence-corrected chi connectivity index (χ0v) is 12.0. The van der Waals surface area contributed by atoms with Crippen molar-refractivity contribution in [2.75, 3.05) is 5.32 Å². The van der Waals surface area contributed by atoms with E-state index >= 15 is 0 Å². The maximum Gasteiger partial charge on any atom is 0.105 e. The van der Waals surface area contributed by atoms with E-state index in [-0.39, 0.29) is 0 Å². The molecule has 0 spiro atoms. The molecule has 0 saturated carbocycles. The molecule has 0 amide bonds. The highest BCUT2D eigenvalue weighted by Crippen LogP contribution is 2.22. The van der Waals surface area contributed by atoms with Gasteiger partial charge in [0, 0.05) is 21.8 Å². The van der Waals surface area contributed by atoms with Crippen molar-refractivity contribution >= 4 is 38.8 Å². The van der Waals surface area contributed by atoms with E-state index in [0.717, 1.165) is 22.1 Å². The lowest BCUT2D eigenvalue weighted by Crippen LogP contribution is -2.15. The number of thiocarbonyl (C=S) groups is 1. The molecule has 0 aliphatic rings. The minimum Gasteiger partial charge on any atom is -0.389 e. The van der Waals surface area contributed by atoms with Gasteiger partial charge in [-0.25, -0.2) is 0 Å². The maximum absolute atomic E-state index is 5.59. The van der Waals surface area contributed by atoms with E-state index in [0.29, 0.717) is 11.0 Å². The second-order valence-electron chi connectivity index (χ2n) is 3.89. The third-order valence-corrected chi connectivity index (χ3v) is 3.25. The minimum absolute atomic E-state index is 0.417. The fourth-order valence-corrected chi connectivity index (χ4v) is 2.50. The first-order valence-corrected chi connectivity index (χ1v) is 6.60. The fourth-order valence-electron chi connectivity index (χ4n) is 1.59. The summed E-state index contributed by atoms with van der Waals surface area (Å²) in [5, 5.41) is 3.44. The van der Waals surface area contributed by atoms with Gasteiger partial charge in [-0.05, 0) is 47.5 Å². The standard InChI is InChI=1S/C12H17BrN2S/c1-3-4-8(2)15-9-5-6-10(12(14)16)11(13)7-9/h5-8,15H,3-4H2,1-2H3,(H2,14,16). The van der Waals surface area contributed by atoms with Crippen LogP contribution in [0.4, 0.5) is 5.69 Å². The van der Waals surface area contributed by atoms with Gasteiger partial charge >= 0.3 is 0 Å². The number of halogens is 1. The Morgan fingerprint density at radius 3 is 2.75 bits per heavy atom. The van der Waals surface area contributed by atoms with Crippen molar-refractivity contribution in [2.45, 2.75) is 32.7 Å². The van der Waals surface area contributed by atoms with Crippen LogP contribution in [-0.2, 0) is 0 Å². The van der Waals surface area contributed by atoms with Gasteiger partial charge in [-0.1, -0.05) is 25.6 Å². The molecule has 3 N–H and O–H groups in total. The molecular weight excluding hydrogens is 284 g/mol. The summed E-state index contributed by atoms with van der Waals surface area (Å²) in [5.74, 6) is 0. The summed E-state index contributed by atoms with van der Waals surface area (Å²) in [5.41, 5.74) is 7.56.